The van der Waals surface area contributed by atoms with E-state index in [0.717, 1.165) is 29.0 Å². The number of pyridine rings is 2. The third-order valence-corrected chi connectivity index (χ3v) is 8.72. The molecule has 0 atom stereocenters. The minimum absolute atomic E-state index is 0.159. The predicted octanol–water partition coefficient (Wildman–Crippen LogP) is 6.77. The zero-order valence-electron chi connectivity index (χ0n) is 30.7. The summed E-state index contributed by atoms with van der Waals surface area (Å²) in [5.74, 6) is 1.76. The molecule has 8 heteroatoms. The summed E-state index contributed by atoms with van der Waals surface area (Å²) in [4.78, 5) is 11.3. The van der Waals surface area contributed by atoms with Crippen LogP contribution in [0.2, 0.25) is 0 Å². The third-order valence-electron chi connectivity index (χ3n) is 8.72. The highest BCUT2D eigenvalue weighted by Crippen LogP contribution is 2.43. The molecule has 5 aromatic carbocycles. The van der Waals surface area contributed by atoms with E-state index in [1.165, 1.54) is 16.7 Å². The summed E-state index contributed by atoms with van der Waals surface area (Å²) in [6.07, 6.45) is 8.81. The van der Waals surface area contributed by atoms with Crippen LogP contribution >= 0.6 is 0 Å². The van der Waals surface area contributed by atoms with Gasteiger partial charge in [-0.25, -0.2) is 9.68 Å². The van der Waals surface area contributed by atoms with Crippen molar-refractivity contribution in [1.29, 1.82) is 0 Å². The van der Waals surface area contributed by atoms with E-state index < -0.39 is 7.32 Å². The fourth-order valence-electron chi connectivity index (χ4n) is 6.05. The summed E-state index contributed by atoms with van der Waals surface area (Å²) in [7, 11) is -2.23. The van der Waals surface area contributed by atoms with Gasteiger partial charge < -0.3 is 14.7 Å². The summed E-state index contributed by atoms with van der Waals surface area (Å²) in [5, 5.41) is 21.4. The second-order valence-corrected chi connectivity index (χ2v) is 12.5. The number of nitrogens with zero attached hydrogens (tertiary/aromatic N) is 2. The SMILES string of the molecule is Cc1ccccc1O[n+]1ccccc1.Cc1ccccc1O[n+]1ccccc1.[O-]B([O-])OCCCC(c1ccccc1)(c1ccccc1)c1ccccc1. The van der Waals surface area contributed by atoms with Crippen LogP contribution in [0, 0.1) is 13.8 Å². The molecule has 0 unspecified atom stereocenters. The van der Waals surface area contributed by atoms with Gasteiger partial charge in [0.2, 0.25) is 36.3 Å². The summed E-state index contributed by atoms with van der Waals surface area (Å²) in [6, 6.07) is 58.5. The van der Waals surface area contributed by atoms with Crippen LogP contribution in [-0.4, -0.2) is 13.9 Å². The van der Waals surface area contributed by atoms with E-state index in [9.17, 15) is 10.0 Å². The van der Waals surface area contributed by atoms with Crippen LogP contribution in [-0.2, 0) is 10.1 Å². The molecule has 0 saturated heterocycles. The molecule has 0 radical (unpaired) electrons. The number of benzene rings is 5. The molecule has 0 saturated carbocycles. The van der Waals surface area contributed by atoms with Crippen LogP contribution in [0.5, 0.6) is 11.5 Å². The standard InChI is InChI=1S/C22H21BO3.2C12H12NO/c24-23(25)26-18-10-17-22(19-11-4-1-5-12-19,20-13-6-2-7-14-20)21-15-8-3-9-16-21;2*1-11-7-3-4-8-12(11)14-13-9-5-2-6-10-13/h1-9,11-16H,10,17-18H2;2*2-10H,1H3/q-2;2*+1. The van der Waals surface area contributed by atoms with Crippen molar-refractivity contribution in [3.05, 3.63) is 229 Å². The molecule has 0 aliphatic heterocycles. The van der Waals surface area contributed by atoms with E-state index in [1.807, 2.05) is 178 Å². The van der Waals surface area contributed by atoms with Crippen molar-refractivity contribution < 1.29 is 33.8 Å². The quantitative estimate of drug-likeness (QED) is 0.0604. The maximum absolute atomic E-state index is 10.7. The van der Waals surface area contributed by atoms with Gasteiger partial charge >= 0.3 is 0 Å². The van der Waals surface area contributed by atoms with Crippen molar-refractivity contribution in [2.24, 2.45) is 0 Å². The van der Waals surface area contributed by atoms with E-state index in [4.69, 9.17) is 14.3 Å². The van der Waals surface area contributed by atoms with Gasteiger partial charge in [-0.1, -0.05) is 140 Å². The van der Waals surface area contributed by atoms with Crippen LogP contribution < -0.4 is 29.2 Å². The lowest BCUT2D eigenvalue weighted by atomic mass is 9.67. The lowest BCUT2D eigenvalue weighted by molar-refractivity contribution is -0.875. The Balaban J connectivity index is 0.000000169. The minimum atomic E-state index is -2.23. The van der Waals surface area contributed by atoms with E-state index >= 15 is 0 Å². The number of hydrogen-bond donors (Lipinski definition) is 0. The molecule has 0 fully saturated rings. The molecule has 2 aromatic heterocycles. The molecule has 272 valence electrons. The van der Waals surface area contributed by atoms with Crippen molar-refractivity contribution in [1.82, 2.24) is 0 Å². The molecule has 0 N–H and O–H groups in total. The maximum atomic E-state index is 10.7. The van der Waals surface area contributed by atoms with Gasteiger partial charge in [-0.05, 0) is 66.6 Å². The van der Waals surface area contributed by atoms with Crippen LogP contribution in [0.25, 0.3) is 0 Å². The fraction of sp³-hybridized carbons (Fsp3) is 0.130. The second kappa shape index (κ2) is 20.8. The van der Waals surface area contributed by atoms with Crippen LogP contribution in [0.1, 0.15) is 40.7 Å². The molecule has 54 heavy (non-hydrogen) atoms. The van der Waals surface area contributed by atoms with Crippen molar-refractivity contribution in [3.63, 3.8) is 0 Å². The Morgan fingerprint density at radius 2 is 0.796 bits per heavy atom. The number of hydrogen-bond acceptors (Lipinski definition) is 5. The molecule has 7 rings (SSSR count). The first kappa shape index (κ1) is 39.2. The number of aryl methyl sites for hydroxylation is 2. The fourth-order valence-corrected chi connectivity index (χ4v) is 6.05. The Bertz CT molecular complexity index is 1890. The Morgan fingerprint density at radius 1 is 0.463 bits per heavy atom. The monoisotopic (exact) mass is 716 g/mol. The molecule has 7 nitrogen and oxygen atoms in total. The number of para-hydroxylation sites is 2. The Kier molecular flexibility index (Phi) is 15.1. The summed E-state index contributed by atoms with van der Waals surface area (Å²) >= 11 is 0. The normalized spacial score (nSPS) is 10.5. The molecule has 0 aliphatic rings. The smallest absolute Gasteiger partial charge is 0.223 e. The minimum Gasteiger partial charge on any atom is -0.871 e. The molecule has 0 amide bonds. The van der Waals surface area contributed by atoms with E-state index in [-0.39, 0.29) is 12.0 Å². The summed E-state index contributed by atoms with van der Waals surface area (Å²) < 4.78 is 8.10. The zero-order chi connectivity index (χ0) is 37.9. The average molecular weight is 717 g/mol. The van der Waals surface area contributed by atoms with Gasteiger partial charge in [0.15, 0.2) is 0 Å². The number of aromatic nitrogens is 2. The second-order valence-electron chi connectivity index (χ2n) is 12.5. The third kappa shape index (κ3) is 11.5. The predicted molar refractivity (Wildman–Crippen MR) is 208 cm³/mol. The van der Waals surface area contributed by atoms with Gasteiger partial charge in [0.1, 0.15) is 0 Å². The summed E-state index contributed by atoms with van der Waals surface area (Å²) in [5.41, 5.74) is 5.43. The Hall–Kier alpha value is -6.06. The molecule has 0 aliphatic carbocycles. The molecular formula is C46H45BN2O5. The molecule has 0 spiro atoms. The van der Waals surface area contributed by atoms with Gasteiger partial charge in [0.25, 0.3) is 0 Å². The van der Waals surface area contributed by atoms with Crippen LogP contribution in [0.3, 0.4) is 0 Å². The lowest BCUT2D eigenvalue weighted by Crippen LogP contribution is -2.48. The first-order valence-corrected chi connectivity index (χ1v) is 18.0. The van der Waals surface area contributed by atoms with Crippen molar-refractivity contribution >= 4 is 7.32 Å². The van der Waals surface area contributed by atoms with Gasteiger partial charge in [0.05, 0.1) is 7.32 Å². The van der Waals surface area contributed by atoms with Crippen LogP contribution in [0.4, 0.5) is 0 Å². The van der Waals surface area contributed by atoms with Crippen molar-refractivity contribution in [3.8, 4) is 11.5 Å². The number of rotatable bonds is 12. The molecular weight excluding hydrogens is 671 g/mol. The molecule has 7 aromatic rings. The molecule has 0 bridgehead atoms. The average Bonchev–Trinajstić information content (AvgIpc) is 3.22. The zero-order valence-corrected chi connectivity index (χ0v) is 30.7. The largest absolute Gasteiger partial charge is 0.871 e. The highest BCUT2D eigenvalue weighted by Gasteiger charge is 2.35. The van der Waals surface area contributed by atoms with Gasteiger partial charge in [-0.15, -0.1) is 0 Å². The topological polar surface area (TPSA) is 81.6 Å². The maximum Gasteiger partial charge on any atom is 0.223 e. The van der Waals surface area contributed by atoms with E-state index in [0.29, 0.717) is 6.42 Å². The first-order chi connectivity index (χ1) is 26.5. The van der Waals surface area contributed by atoms with Gasteiger partial charge in [0, 0.05) is 45.7 Å². The highest BCUT2D eigenvalue weighted by atomic mass is 16.7. The van der Waals surface area contributed by atoms with E-state index in [2.05, 4.69) is 36.4 Å². The van der Waals surface area contributed by atoms with Crippen LogP contribution in [0.15, 0.2) is 201 Å². The highest BCUT2D eigenvalue weighted by molar-refractivity contribution is 6.28. The van der Waals surface area contributed by atoms with Crippen molar-refractivity contribution in [2.75, 3.05) is 6.61 Å². The first-order valence-electron chi connectivity index (χ1n) is 18.0. The summed E-state index contributed by atoms with van der Waals surface area (Å²) in [6.45, 7) is 4.21. The van der Waals surface area contributed by atoms with Gasteiger partial charge in [-0.3, -0.25) is 0 Å². The Labute approximate surface area is 319 Å². The lowest BCUT2D eigenvalue weighted by Gasteiger charge is -2.37. The molecule has 2 heterocycles. The van der Waals surface area contributed by atoms with Crippen molar-refractivity contribution in [2.45, 2.75) is 32.1 Å². The van der Waals surface area contributed by atoms with Gasteiger partial charge in [-0.2, -0.15) is 0 Å². The Morgan fingerprint density at radius 3 is 1.15 bits per heavy atom. The van der Waals surface area contributed by atoms with E-state index in [1.54, 1.807) is 9.46 Å².